The molecule has 1 rings (SSSR count). The van der Waals surface area contributed by atoms with Gasteiger partial charge in [0.25, 0.3) is 0 Å². The van der Waals surface area contributed by atoms with E-state index in [1.54, 1.807) is 0 Å². The highest BCUT2D eigenvalue weighted by atomic mass is 16.6. The van der Waals surface area contributed by atoms with Crippen molar-refractivity contribution in [1.29, 1.82) is 0 Å². The van der Waals surface area contributed by atoms with Crippen LogP contribution in [0.15, 0.2) is 30.3 Å². The first-order chi connectivity index (χ1) is 24.3. The summed E-state index contributed by atoms with van der Waals surface area (Å²) in [5.41, 5.74) is 1.16. The summed E-state index contributed by atoms with van der Waals surface area (Å²) < 4.78 is 71.4. The SMILES string of the molecule is CN(C)CCOCCOCCOCCOCCOCCOCCOCCOCCOCCOCCOCCOCCOCc1ccccc1. The van der Waals surface area contributed by atoms with Gasteiger partial charge in [0.2, 0.25) is 0 Å². The molecule has 0 unspecified atom stereocenters. The first-order valence-electron chi connectivity index (χ1n) is 17.5. The zero-order chi connectivity index (χ0) is 35.0. The summed E-state index contributed by atoms with van der Waals surface area (Å²) >= 11 is 0. The second-order valence-corrected chi connectivity index (χ2v) is 10.7. The van der Waals surface area contributed by atoms with Crippen molar-refractivity contribution in [3.63, 3.8) is 0 Å². The lowest BCUT2D eigenvalue weighted by atomic mass is 10.2. The fraction of sp³-hybridized carbons (Fsp3) is 0.829. The molecule has 0 radical (unpaired) electrons. The van der Waals surface area contributed by atoms with Gasteiger partial charge in [0.15, 0.2) is 0 Å². The minimum atomic E-state index is 0.510. The predicted octanol–water partition coefficient (Wildman–Crippen LogP) is 1.96. The molecule has 0 spiro atoms. The molecule has 0 aromatic heterocycles. The van der Waals surface area contributed by atoms with Gasteiger partial charge >= 0.3 is 0 Å². The molecule has 0 aliphatic carbocycles. The van der Waals surface area contributed by atoms with E-state index in [0.717, 1.165) is 12.1 Å². The van der Waals surface area contributed by atoms with Gasteiger partial charge in [-0.05, 0) is 19.7 Å². The fourth-order valence-electron chi connectivity index (χ4n) is 3.65. The van der Waals surface area contributed by atoms with Crippen molar-refractivity contribution >= 4 is 0 Å². The molecule has 0 fully saturated rings. The van der Waals surface area contributed by atoms with Crippen molar-refractivity contribution in [2.75, 3.05) is 186 Å². The van der Waals surface area contributed by atoms with Gasteiger partial charge in [-0.15, -0.1) is 0 Å². The quantitative estimate of drug-likeness (QED) is 0.0922. The normalized spacial score (nSPS) is 11.7. The van der Waals surface area contributed by atoms with E-state index in [9.17, 15) is 0 Å². The van der Waals surface area contributed by atoms with Gasteiger partial charge in [0.05, 0.1) is 172 Å². The first-order valence-corrected chi connectivity index (χ1v) is 17.5. The third-order valence-corrected chi connectivity index (χ3v) is 6.26. The third-order valence-electron chi connectivity index (χ3n) is 6.26. The van der Waals surface area contributed by atoms with Crippen LogP contribution in [0.25, 0.3) is 0 Å². The van der Waals surface area contributed by atoms with Crippen LogP contribution >= 0.6 is 0 Å². The summed E-state index contributed by atoms with van der Waals surface area (Å²) in [7, 11) is 4.04. The van der Waals surface area contributed by atoms with Crippen molar-refractivity contribution in [1.82, 2.24) is 4.90 Å². The maximum absolute atomic E-state index is 5.57. The van der Waals surface area contributed by atoms with Crippen LogP contribution in [0.5, 0.6) is 0 Å². The molecule has 0 saturated heterocycles. The summed E-state index contributed by atoms with van der Waals surface area (Å²) in [6.07, 6.45) is 0. The Morgan fingerprint density at radius 1 is 0.306 bits per heavy atom. The van der Waals surface area contributed by atoms with Crippen LogP contribution in [0.1, 0.15) is 5.56 Å². The molecule has 0 atom stereocenters. The number of ether oxygens (including phenoxy) is 13. The summed E-state index contributed by atoms with van der Waals surface area (Å²) in [5, 5.41) is 0. The molecule has 0 bridgehead atoms. The smallest absolute Gasteiger partial charge is 0.0718 e. The maximum Gasteiger partial charge on any atom is 0.0718 e. The van der Waals surface area contributed by atoms with Crippen LogP contribution in [0.2, 0.25) is 0 Å². The highest BCUT2D eigenvalue weighted by Gasteiger charge is 1.98. The molecule has 14 heteroatoms. The Hall–Kier alpha value is -1.34. The molecule has 14 nitrogen and oxygen atoms in total. The van der Waals surface area contributed by atoms with Gasteiger partial charge in [0.1, 0.15) is 0 Å². The van der Waals surface area contributed by atoms with Gasteiger partial charge in [-0.25, -0.2) is 0 Å². The van der Waals surface area contributed by atoms with E-state index in [2.05, 4.69) is 4.90 Å². The van der Waals surface area contributed by atoms with Gasteiger partial charge in [-0.1, -0.05) is 30.3 Å². The van der Waals surface area contributed by atoms with Crippen molar-refractivity contribution < 1.29 is 61.6 Å². The van der Waals surface area contributed by atoms with Crippen LogP contribution in [0.4, 0.5) is 0 Å². The lowest BCUT2D eigenvalue weighted by molar-refractivity contribution is -0.0292. The Morgan fingerprint density at radius 2 is 0.531 bits per heavy atom. The molecule has 0 amide bonds. The summed E-state index contributed by atoms with van der Waals surface area (Å²) in [6.45, 7) is 15.0. The van der Waals surface area contributed by atoms with E-state index >= 15 is 0 Å². The predicted molar refractivity (Wildman–Crippen MR) is 184 cm³/mol. The largest absolute Gasteiger partial charge is 0.378 e. The Labute approximate surface area is 294 Å². The summed E-state index contributed by atoms with van der Waals surface area (Å²) in [6, 6.07) is 10.1. The third kappa shape index (κ3) is 37.7. The Balaban J connectivity index is 1.60. The van der Waals surface area contributed by atoms with E-state index in [4.69, 9.17) is 61.6 Å². The number of rotatable bonds is 41. The molecule has 0 aliphatic rings. The first kappa shape index (κ1) is 45.7. The number of nitrogens with zero attached hydrogens (tertiary/aromatic N) is 1. The Bertz CT molecular complexity index is 751. The van der Waals surface area contributed by atoms with Gasteiger partial charge in [0, 0.05) is 6.54 Å². The number of hydrogen-bond donors (Lipinski definition) is 0. The van der Waals surface area contributed by atoms with E-state index < -0.39 is 0 Å². The molecule has 1 aromatic rings. The van der Waals surface area contributed by atoms with Crippen LogP contribution in [-0.4, -0.2) is 191 Å². The molecular formula is C35H65NO13. The van der Waals surface area contributed by atoms with E-state index in [1.807, 2.05) is 44.4 Å². The molecule has 288 valence electrons. The van der Waals surface area contributed by atoms with E-state index in [-0.39, 0.29) is 0 Å². The van der Waals surface area contributed by atoms with Gasteiger partial charge < -0.3 is 66.5 Å². The second-order valence-electron chi connectivity index (χ2n) is 10.7. The van der Waals surface area contributed by atoms with Crippen molar-refractivity contribution in [2.24, 2.45) is 0 Å². The van der Waals surface area contributed by atoms with Crippen molar-refractivity contribution in [3.05, 3.63) is 35.9 Å². The number of hydrogen-bond acceptors (Lipinski definition) is 14. The van der Waals surface area contributed by atoms with Crippen molar-refractivity contribution in [3.8, 4) is 0 Å². The van der Waals surface area contributed by atoms with Gasteiger partial charge in [-0.2, -0.15) is 0 Å². The average Bonchev–Trinajstić information content (AvgIpc) is 3.11. The molecule has 0 aliphatic heterocycles. The highest BCUT2D eigenvalue weighted by molar-refractivity contribution is 5.13. The monoisotopic (exact) mass is 707 g/mol. The molecule has 0 heterocycles. The number of likely N-dealkylation sites (N-methyl/N-ethyl adjacent to an activating group) is 1. The summed E-state index contributed by atoms with van der Waals surface area (Å²) in [4.78, 5) is 2.08. The maximum atomic E-state index is 5.57. The van der Waals surface area contributed by atoms with Crippen LogP contribution in [0, 0.1) is 0 Å². The topological polar surface area (TPSA) is 123 Å². The Morgan fingerprint density at radius 3 is 0.776 bits per heavy atom. The highest BCUT2D eigenvalue weighted by Crippen LogP contribution is 2.00. The Kier molecular flexibility index (Phi) is 36.8. The number of benzene rings is 1. The van der Waals surface area contributed by atoms with Crippen LogP contribution in [0.3, 0.4) is 0 Å². The lowest BCUT2D eigenvalue weighted by Crippen LogP contribution is -2.19. The minimum absolute atomic E-state index is 0.510. The van der Waals surface area contributed by atoms with E-state index in [1.165, 1.54) is 0 Å². The standard InChI is InChI=1S/C35H65NO13/c1-36(2)8-9-37-10-11-38-12-13-39-14-15-40-16-17-41-18-19-42-20-21-43-22-23-44-24-25-45-26-27-46-28-29-47-30-31-48-32-33-49-34-35-6-4-3-5-7-35/h3-7H,8-34H2,1-2H3. The minimum Gasteiger partial charge on any atom is -0.378 e. The van der Waals surface area contributed by atoms with Crippen LogP contribution in [-0.2, 0) is 68.2 Å². The average molecular weight is 708 g/mol. The van der Waals surface area contributed by atoms with Crippen LogP contribution < -0.4 is 0 Å². The zero-order valence-electron chi connectivity index (χ0n) is 30.2. The molecule has 49 heavy (non-hydrogen) atoms. The fourth-order valence-corrected chi connectivity index (χ4v) is 3.65. The van der Waals surface area contributed by atoms with Crippen molar-refractivity contribution in [2.45, 2.75) is 6.61 Å². The van der Waals surface area contributed by atoms with E-state index in [0.29, 0.717) is 172 Å². The zero-order valence-corrected chi connectivity index (χ0v) is 30.2. The van der Waals surface area contributed by atoms with Gasteiger partial charge in [-0.3, -0.25) is 0 Å². The molecule has 0 N–H and O–H groups in total. The molecule has 0 saturated carbocycles. The molecular weight excluding hydrogens is 642 g/mol. The summed E-state index contributed by atoms with van der Waals surface area (Å²) in [5.74, 6) is 0. The lowest BCUT2D eigenvalue weighted by Gasteiger charge is -2.10. The second kappa shape index (κ2) is 39.4. The molecule has 1 aromatic carbocycles.